The molecule has 2 N–H and O–H groups in total. The summed E-state index contributed by atoms with van der Waals surface area (Å²) >= 11 is 3.47. The molecule has 0 saturated heterocycles. The van der Waals surface area contributed by atoms with E-state index in [4.69, 9.17) is 0 Å². The highest BCUT2D eigenvalue weighted by atomic mass is 79.9. The van der Waals surface area contributed by atoms with Crippen molar-refractivity contribution in [2.75, 3.05) is 5.32 Å². The van der Waals surface area contributed by atoms with E-state index in [0.717, 1.165) is 15.6 Å². The van der Waals surface area contributed by atoms with Crippen LogP contribution in [0.25, 0.3) is 0 Å². The quantitative estimate of drug-likeness (QED) is 0.551. The van der Waals surface area contributed by atoms with Gasteiger partial charge in [-0.25, -0.2) is 13.1 Å². The molecular weight excluding hydrogens is 464 g/mol. The number of amides is 1. The first-order valence-corrected chi connectivity index (χ1v) is 11.7. The number of anilines is 1. The van der Waals surface area contributed by atoms with Crippen LogP contribution in [-0.2, 0) is 20.2 Å². The van der Waals surface area contributed by atoms with Gasteiger partial charge in [0.1, 0.15) is 0 Å². The molecule has 4 rings (SSSR count). The fourth-order valence-corrected chi connectivity index (χ4v) is 5.50. The fraction of sp³-hybridized carbons (Fsp3) is 0.174. The highest BCUT2D eigenvalue weighted by Crippen LogP contribution is 2.47. The predicted octanol–water partition coefficient (Wildman–Crippen LogP) is 4.69. The molecule has 1 aliphatic rings. The molecule has 5 nitrogen and oxygen atoms in total. The number of carbonyl (C=O) groups excluding carboxylic acids is 1. The fourth-order valence-electron chi connectivity index (χ4n) is 3.82. The average Bonchev–Trinajstić information content (AvgIpc) is 2.98. The van der Waals surface area contributed by atoms with Crippen molar-refractivity contribution in [3.8, 4) is 0 Å². The Morgan fingerprint density at radius 1 is 1.00 bits per heavy atom. The molecule has 1 amide bonds. The van der Waals surface area contributed by atoms with Crippen molar-refractivity contribution in [3.05, 3.63) is 94.0 Å². The van der Waals surface area contributed by atoms with Gasteiger partial charge in [0, 0.05) is 10.2 Å². The van der Waals surface area contributed by atoms with E-state index in [1.54, 1.807) is 31.2 Å². The molecule has 0 saturated carbocycles. The van der Waals surface area contributed by atoms with Gasteiger partial charge in [0.25, 0.3) is 0 Å². The minimum absolute atomic E-state index is 0.158. The number of sulfonamides is 1. The van der Waals surface area contributed by atoms with E-state index in [2.05, 4.69) is 26.0 Å². The van der Waals surface area contributed by atoms with Gasteiger partial charge in [-0.05, 0) is 55.3 Å². The third-order valence-corrected chi connectivity index (χ3v) is 7.51. The number of halogens is 1. The highest BCUT2D eigenvalue weighted by Gasteiger charge is 2.50. The van der Waals surface area contributed by atoms with Crippen molar-refractivity contribution in [2.45, 2.75) is 30.2 Å². The Hall–Kier alpha value is -2.48. The van der Waals surface area contributed by atoms with E-state index in [1.165, 1.54) is 0 Å². The Morgan fingerprint density at radius 2 is 1.67 bits per heavy atom. The van der Waals surface area contributed by atoms with Gasteiger partial charge in [0.15, 0.2) is 0 Å². The molecule has 30 heavy (non-hydrogen) atoms. The van der Waals surface area contributed by atoms with E-state index in [0.29, 0.717) is 11.3 Å². The Balaban J connectivity index is 1.86. The lowest BCUT2D eigenvalue weighted by molar-refractivity contribution is -0.121. The van der Waals surface area contributed by atoms with Crippen molar-refractivity contribution in [1.29, 1.82) is 0 Å². The summed E-state index contributed by atoms with van der Waals surface area (Å²) in [5.74, 6) is -0.254. The summed E-state index contributed by atoms with van der Waals surface area (Å²) in [5.41, 5.74) is 1.95. The monoisotopic (exact) mass is 484 g/mol. The van der Waals surface area contributed by atoms with Crippen LogP contribution in [0.3, 0.4) is 0 Å². The first-order valence-electron chi connectivity index (χ1n) is 9.47. The van der Waals surface area contributed by atoms with Gasteiger partial charge in [-0.2, -0.15) is 0 Å². The third-order valence-electron chi connectivity index (χ3n) is 5.58. The van der Waals surface area contributed by atoms with Crippen LogP contribution >= 0.6 is 15.9 Å². The Bertz CT molecular complexity index is 1210. The lowest BCUT2D eigenvalue weighted by Gasteiger charge is -2.33. The van der Waals surface area contributed by atoms with Gasteiger partial charge in [-0.1, -0.05) is 64.0 Å². The summed E-state index contributed by atoms with van der Waals surface area (Å²) < 4.78 is 30.2. The molecule has 0 spiro atoms. The molecule has 154 valence electrons. The number of rotatable bonds is 5. The van der Waals surface area contributed by atoms with E-state index < -0.39 is 21.5 Å². The van der Waals surface area contributed by atoms with Crippen LogP contribution in [0.15, 0.2) is 82.2 Å². The summed E-state index contributed by atoms with van der Waals surface area (Å²) in [6, 6.07) is 20.6. The molecule has 0 unspecified atom stereocenters. The zero-order chi connectivity index (χ0) is 21.5. The Kier molecular flexibility index (Phi) is 5.30. The summed E-state index contributed by atoms with van der Waals surface area (Å²) in [6.07, 6.45) is 0. The number of hydrogen-bond acceptors (Lipinski definition) is 3. The predicted molar refractivity (Wildman–Crippen MR) is 121 cm³/mol. The van der Waals surface area contributed by atoms with Crippen molar-refractivity contribution in [2.24, 2.45) is 0 Å². The first-order chi connectivity index (χ1) is 14.2. The number of aryl methyl sites for hydroxylation is 1. The lowest BCUT2D eigenvalue weighted by atomic mass is 9.74. The smallest absolute Gasteiger partial charge is 0.241 e. The molecular formula is C23H21BrN2O3S. The van der Waals surface area contributed by atoms with Crippen LogP contribution in [0, 0.1) is 6.92 Å². The van der Waals surface area contributed by atoms with Gasteiger partial charge in [0.05, 0.1) is 16.4 Å². The second kappa shape index (κ2) is 7.65. The molecule has 3 aromatic carbocycles. The van der Waals surface area contributed by atoms with Gasteiger partial charge in [-0.15, -0.1) is 0 Å². The summed E-state index contributed by atoms with van der Waals surface area (Å²) in [6.45, 7) is 3.67. The number of carbonyl (C=O) groups is 1. The van der Waals surface area contributed by atoms with E-state index in [1.807, 2.05) is 55.5 Å². The Labute approximate surface area is 184 Å². The second-order valence-corrected chi connectivity index (χ2v) is 10.3. The van der Waals surface area contributed by atoms with E-state index in [-0.39, 0.29) is 10.8 Å². The number of nitrogens with one attached hydrogen (secondary N) is 2. The van der Waals surface area contributed by atoms with Crippen molar-refractivity contribution in [1.82, 2.24) is 4.72 Å². The minimum atomic E-state index is -3.88. The molecule has 0 fully saturated rings. The number of fused-ring (bicyclic) bond motifs is 1. The number of hydrogen-bond donors (Lipinski definition) is 2. The third kappa shape index (κ3) is 3.57. The maximum Gasteiger partial charge on any atom is 0.241 e. The highest BCUT2D eigenvalue weighted by molar-refractivity contribution is 9.10. The van der Waals surface area contributed by atoms with Crippen LogP contribution in [0.1, 0.15) is 29.7 Å². The zero-order valence-electron chi connectivity index (χ0n) is 16.5. The molecule has 7 heteroatoms. The van der Waals surface area contributed by atoms with Crippen LogP contribution in [0.5, 0.6) is 0 Å². The molecule has 0 aliphatic carbocycles. The number of benzene rings is 3. The molecule has 1 heterocycles. The molecule has 1 aliphatic heterocycles. The second-order valence-electron chi connectivity index (χ2n) is 7.62. The standard InChI is InChI=1S/C23H21BrN2O3S/c1-15-8-11-18(12-9-15)30(28,29)26-21(16-6-4-3-5-7-16)23(2)19-14-17(24)10-13-20(19)25-22(23)27/h3-14,21,26H,1-2H3,(H,25,27)/t21-,23-/m0/s1. The van der Waals surface area contributed by atoms with Gasteiger partial charge in [-0.3, -0.25) is 4.79 Å². The minimum Gasteiger partial charge on any atom is -0.325 e. The molecule has 0 bridgehead atoms. The van der Waals surface area contributed by atoms with Crippen molar-refractivity contribution >= 4 is 37.5 Å². The maximum atomic E-state index is 13.3. The SMILES string of the molecule is Cc1ccc(S(=O)(=O)N[C@@H](c2ccccc2)[C@@]2(C)C(=O)Nc3ccc(Br)cc32)cc1. The molecule has 2 atom stereocenters. The zero-order valence-corrected chi connectivity index (χ0v) is 18.9. The van der Waals surface area contributed by atoms with Gasteiger partial charge in [0.2, 0.25) is 15.9 Å². The topological polar surface area (TPSA) is 75.3 Å². The Morgan fingerprint density at radius 3 is 2.33 bits per heavy atom. The molecule has 3 aromatic rings. The van der Waals surface area contributed by atoms with E-state index in [9.17, 15) is 13.2 Å². The van der Waals surface area contributed by atoms with Gasteiger partial charge < -0.3 is 5.32 Å². The van der Waals surface area contributed by atoms with Crippen LogP contribution in [-0.4, -0.2) is 14.3 Å². The van der Waals surface area contributed by atoms with Crippen molar-refractivity contribution < 1.29 is 13.2 Å². The molecule has 0 aromatic heterocycles. The summed E-state index contributed by atoms with van der Waals surface area (Å²) in [4.78, 5) is 13.3. The summed E-state index contributed by atoms with van der Waals surface area (Å²) in [5, 5.41) is 2.90. The normalized spacial score (nSPS) is 19.2. The van der Waals surface area contributed by atoms with Gasteiger partial charge >= 0.3 is 0 Å². The van der Waals surface area contributed by atoms with E-state index >= 15 is 0 Å². The maximum absolute atomic E-state index is 13.3. The first kappa shape index (κ1) is 20.8. The average molecular weight is 485 g/mol. The summed E-state index contributed by atoms with van der Waals surface area (Å²) in [7, 11) is -3.88. The van der Waals surface area contributed by atoms with Crippen LogP contribution < -0.4 is 10.0 Å². The van der Waals surface area contributed by atoms with Crippen LogP contribution in [0.2, 0.25) is 0 Å². The molecule has 0 radical (unpaired) electrons. The van der Waals surface area contributed by atoms with Crippen molar-refractivity contribution in [3.63, 3.8) is 0 Å². The lowest BCUT2D eigenvalue weighted by Crippen LogP contribution is -2.46. The van der Waals surface area contributed by atoms with Crippen LogP contribution in [0.4, 0.5) is 5.69 Å². The largest absolute Gasteiger partial charge is 0.325 e.